The van der Waals surface area contributed by atoms with Crippen LogP contribution in [-0.4, -0.2) is 37.2 Å². The van der Waals surface area contributed by atoms with Crippen molar-refractivity contribution in [1.82, 2.24) is 0 Å². The van der Waals surface area contributed by atoms with Crippen LogP contribution in [0.3, 0.4) is 0 Å². The lowest BCUT2D eigenvalue weighted by Crippen LogP contribution is -2.30. The molecule has 0 aliphatic carbocycles. The number of hydrogen-bond donors (Lipinski definition) is 0. The molecule has 0 saturated carbocycles. The van der Waals surface area contributed by atoms with Crippen molar-refractivity contribution in [2.45, 2.75) is 219 Å². The first-order valence-corrected chi connectivity index (χ1v) is 28.6. The minimum atomic E-state index is -0.823. The summed E-state index contributed by atoms with van der Waals surface area (Å²) in [4.78, 5) is 37.8. The number of ether oxygens (including phenoxy) is 3. The van der Waals surface area contributed by atoms with E-state index < -0.39 is 6.10 Å². The standard InChI is InChI=1S/C67H102O6/c1-4-7-10-13-15-17-19-21-23-25-27-29-31-32-33-34-36-37-39-41-43-45-47-49-51-54-57-60-66(69)72-63-64(62-71-65(68)59-56-53-12-9-6-3)73-67(70)61-58-55-52-50-48-46-44-42-40-38-35-30-28-26-24-22-20-18-16-14-11-8-5-2/h7-8,10-11,15-18,21-24,27-30,32-33,36-38,40-41,43-44,46,50,52,64H,4-6,9,12-14,19-20,25-26,31,34-35,39,42,45,47-49,51,53-63H2,1-3H3/b10-7-,11-8-,17-15-,18-16-,23-21-,24-22-,29-27-,30-28-,33-32-,37-36-,40-38-,43-41-,46-44-,52-50-. The zero-order valence-corrected chi connectivity index (χ0v) is 46.3. The lowest BCUT2D eigenvalue weighted by Gasteiger charge is -2.18. The largest absolute Gasteiger partial charge is 0.462 e. The smallest absolute Gasteiger partial charge is 0.306 e. The van der Waals surface area contributed by atoms with Gasteiger partial charge in [-0.2, -0.15) is 0 Å². The van der Waals surface area contributed by atoms with Crippen LogP contribution in [0.4, 0.5) is 0 Å². The maximum absolute atomic E-state index is 12.8. The van der Waals surface area contributed by atoms with E-state index in [-0.39, 0.29) is 37.5 Å². The maximum atomic E-state index is 12.8. The summed E-state index contributed by atoms with van der Waals surface area (Å²) < 4.78 is 16.6. The molecule has 0 heterocycles. The highest BCUT2D eigenvalue weighted by atomic mass is 16.6. The Morgan fingerprint density at radius 1 is 0.288 bits per heavy atom. The molecule has 0 N–H and O–H groups in total. The molecule has 0 radical (unpaired) electrons. The van der Waals surface area contributed by atoms with Gasteiger partial charge in [-0.25, -0.2) is 0 Å². The molecule has 1 unspecified atom stereocenters. The first kappa shape index (κ1) is 67.8. The van der Waals surface area contributed by atoms with Crippen molar-refractivity contribution < 1.29 is 28.6 Å². The molecule has 73 heavy (non-hydrogen) atoms. The SMILES string of the molecule is CC/C=C\C/C=C\C/C=C\C/C=C\C/C=C\C/C=C\C/C=C\CCCCCCCC(=O)OCC(COC(=O)CCCCCCC)OC(=O)CCC/C=C\C/C=C\C/C=C\C/C=C\C/C=C\C/C=C\C/C=C\CC. The van der Waals surface area contributed by atoms with Crippen molar-refractivity contribution in [2.24, 2.45) is 0 Å². The monoisotopic (exact) mass is 1000 g/mol. The Labute approximate surface area is 447 Å². The molecular formula is C67H102O6. The molecular weight excluding hydrogens is 901 g/mol. The predicted molar refractivity (Wildman–Crippen MR) is 315 cm³/mol. The van der Waals surface area contributed by atoms with E-state index in [1.165, 1.54) is 0 Å². The van der Waals surface area contributed by atoms with Crippen LogP contribution >= 0.6 is 0 Å². The van der Waals surface area contributed by atoms with Gasteiger partial charge in [0, 0.05) is 19.3 Å². The molecule has 406 valence electrons. The summed E-state index contributed by atoms with van der Waals surface area (Å²) in [5.41, 5.74) is 0. The van der Waals surface area contributed by atoms with Gasteiger partial charge in [0.25, 0.3) is 0 Å². The summed E-state index contributed by atoms with van der Waals surface area (Å²) in [6.07, 6.45) is 88.2. The van der Waals surface area contributed by atoms with Gasteiger partial charge in [-0.3, -0.25) is 14.4 Å². The Kier molecular flexibility index (Phi) is 55.1. The molecule has 0 aromatic carbocycles. The average Bonchev–Trinajstić information content (AvgIpc) is 3.39. The fourth-order valence-electron chi connectivity index (χ4n) is 7.00. The van der Waals surface area contributed by atoms with E-state index in [0.29, 0.717) is 19.3 Å². The lowest BCUT2D eigenvalue weighted by atomic mass is 10.1. The number of hydrogen-bond acceptors (Lipinski definition) is 6. The Morgan fingerprint density at radius 3 is 0.877 bits per heavy atom. The van der Waals surface area contributed by atoms with E-state index in [4.69, 9.17) is 14.2 Å². The third-order valence-electron chi connectivity index (χ3n) is 11.2. The van der Waals surface area contributed by atoms with E-state index in [0.717, 1.165) is 167 Å². The number of allylic oxidation sites excluding steroid dienone is 28. The Balaban J connectivity index is 4.30. The number of carbonyl (C=O) groups excluding carboxylic acids is 3. The average molecular weight is 1000 g/mol. The second-order valence-corrected chi connectivity index (χ2v) is 18.1. The normalized spacial score (nSPS) is 13.4. The van der Waals surface area contributed by atoms with Crippen LogP contribution in [0.1, 0.15) is 213 Å². The van der Waals surface area contributed by atoms with E-state index in [2.05, 4.69) is 191 Å². The van der Waals surface area contributed by atoms with Crippen molar-refractivity contribution >= 4 is 17.9 Å². The first-order valence-electron chi connectivity index (χ1n) is 28.6. The van der Waals surface area contributed by atoms with E-state index in [1.807, 2.05) is 0 Å². The van der Waals surface area contributed by atoms with Crippen LogP contribution in [0.15, 0.2) is 170 Å². The van der Waals surface area contributed by atoms with E-state index in [1.54, 1.807) is 0 Å². The van der Waals surface area contributed by atoms with Gasteiger partial charge in [-0.05, 0) is 128 Å². The summed E-state index contributed by atoms with van der Waals surface area (Å²) in [6.45, 7) is 6.23. The molecule has 0 aliphatic rings. The molecule has 6 heteroatoms. The van der Waals surface area contributed by atoms with E-state index in [9.17, 15) is 14.4 Å². The highest BCUT2D eigenvalue weighted by Crippen LogP contribution is 2.11. The molecule has 6 nitrogen and oxygen atoms in total. The number of esters is 3. The van der Waals surface area contributed by atoms with E-state index >= 15 is 0 Å². The molecule has 0 fully saturated rings. The van der Waals surface area contributed by atoms with Gasteiger partial charge in [0.05, 0.1) is 0 Å². The van der Waals surface area contributed by atoms with Crippen LogP contribution in [0, 0.1) is 0 Å². The molecule has 0 amide bonds. The molecule has 0 aromatic rings. The molecule has 0 saturated heterocycles. The second-order valence-electron chi connectivity index (χ2n) is 18.1. The fourth-order valence-corrected chi connectivity index (χ4v) is 7.00. The number of rotatable bonds is 49. The van der Waals surface area contributed by atoms with Crippen LogP contribution < -0.4 is 0 Å². The quantitative estimate of drug-likeness (QED) is 0.0261. The zero-order valence-electron chi connectivity index (χ0n) is 46.3. The van der Waals surface area contributed by atoms with Gasteiger partial charge in [0.2, 0.25) is 0 Å². The maximum Gasteiger partial charge on any atom is 0.306 e. The number of carbonyl (C=O) groups is 3. The van der Waals surface area contributed by atoms with Crippen LogP contribution in [-0.2, 0) is 28.6 Å². The predicted octanol–water partition coefficient (Wildman–Crippen LogP) is 19.5. The zero-order chi connectivity index (χ0) is 52.9. The molecule has 0 bridgehead atoms. The summed E-state index contributed by atoms with van der Waals surface area (Å²) in [5.74, 6) is -1.02. The van der Waals surface area contributed by atoms with Gasteiger partial charge < -0.3 is 14.2 Å². The fraction of sp³-hybridized carbons (Fsp3) is 0.537. The number of unbranched alkanes of at least 4 members (excludes halogenated alkanes) is 10. The minimum Gasteiger partial charge on any atom is -0.462 e. The van der Waals surface area contributed by atoms with Gasteiger partial charge >= 0.3 is 17.9 Å². The lowest BCUT2D eigenvalue weighted by molar-refractivity contribution is -0.167. The summed E-state index contributed by atoms with van der Waals surface area (Å²) >= 11 is 0. The van der Waals surface area contributed by atoms with Gasteiger partial charge in [0.1, 0.15) is 13.2 Å². The summed E-state index contributed by atoms with van der Waals surface area (Å²) in [6, 6.07) is 0. The third-order valence-corrected chi connectivity index (χ3v) is 11.2. The summed E-state index contributed by atoms with van der Waals surface area (Å²) in [5, 5.41) is 0. The van der Waals surface area contributed by atoms with Crippen molar-refractivity contribution in [2.75, 3.05) is 13.2 Å². The van der Waals surface area contributed by atoms with Crippen LogP contribution in [0.25, 0.3) is 0 Å². The van der Waals surface area contributed by atoms with Crippen LogP contribution in [0.5, 0.6) is 0 Å². The van der Waals surface area contributed by atoms with Crippen molar-refractivity contribution in [3.8, 4) is 0 Å². The van der Waals surface area contributed by atoms with Gasteiger partial charge in [-0.15, -0.1) is 0 Å². The van der Waals surface area contributed by atoms with Gasteiger partial charge in [0.15, 0.2) is 6.10 Å². The topological polar surface area (TPSA) is 78.9 Å². The summed E-state index contributed by atoms with van der Waals surface area (Å²) in [7, 11) is 0. The highest BCUT2D eigenvalue weighted by Gasteiger charge is 2.19. The van der Waals surface area contributed by atoms with Crippen molar-refractivity contribution in [3.05, 3.63) is 170 Å². The molecule has 0 aromatic heterocycles. The van der Waals surface area contributed by atoms with Crippen LogP contribution in [0.2, 0.25) is 0 Å². The third kappa shape index (κ3) is 57.5. The van der Waals surface area contributed by atoms with Gasteiger partial charge in [-0.1, -0.05) is 236 Å². The molecule has 0 rings (SSSR count). The minimum absolute atomic E-state index is 0.117. The second kappa shape index (κ2) is 59.3. The Morgan fingerprint density at radius 2 is 0.548 bits per heavy atom. The Bertz CT molecular complexity index is 1720. The first-order chi connectivity index (χ1) is 36.0. The van der Waals surface area contributed by atoms with Crippen molar-refractivity contribution in [1.29, 1.82) is 0 Å². The molecule has 0 spiro atoms. The highest BCUT2D eigenvalue weighted by molar-refractivity contribution is 5.71. The van der Waals surface area contributed by atoms with Crippen molar-refractivity contribution in [3.63, 3.8) is 0 Å². The molecule has 1 atom stereocenters. The molecule has 0 aliphatic heterocycles. The Hall–Kier alpha value is -5.23.